The summed E-state index contributed by atoms with van der Waals surface area (Å²) in [6, 6.07) is 18.4. The Kier molecular flexibility index (Phi) is 8.87. The number of alkyl halides is 3. The predicted octanol–water partition coefficient (Wildman–Crippen LogP) is 8.69. The van der Waals surface area contributed by atoms with Crippen LogP contribution in [0, 0.1) is 5.82 Å². The largest absolute Gasteiger partial charge is 0.416 e. The molecule has 0 spiro atoms. The highest BCUT2D eigenvalue weighted by Gasteiger charge is 2.46. The van der Waals surface area contributed by atoms with Crippen molar-refractivity contribution in [2.45, 2.75) is 69.2 Å². The summed E-state index contributed by atoms with van der Waals surface area (Å²) in [6.45, 7) is 4.11. The van der Waals surface area contributed by atoms with Crippen molar-refractivity contribution < 1.29 is 22.4 Å². The predicted molar refractivity (Wildman–Crippen MR) is 178 cm³/mol. The van der Waals surface area contributed by atoms with Gasteiger partial charge in [-0.2, -0.15) is 13.2 Å². The minimum absolute atomic E-state index is 0.0611. The van der Waals surface area contributed by atoms with Crippen molar-refractivity contribution in [2.75, 3.05) is 26.2 Å². The SMILES string of the molecule is O=C(NC1(c2ccccc2)CC1)c1c(CN2CCC(N3CCCCC3)CC2)c(-c2cccc(C(F)(F)F)c2)nc2c(F)c(Br)ccc12. The molecular formula is C37H37BrF4N4O. The maximum Gasteiger partial charge on any atom is 0.416 e. The summed E-state index contributed by atoms with van der Waals surface area (Å²) in [4.78, 5) is 24.1. The fourth-order valence-corrected chi connectivity index (χ4v) is 7.72. The monoisotopic (exact) mass is 708 g/mol. The summed E-state index contributed by atoms with van der Waals surface area (Å²) in [5.41, 5.74) is 0.694. The Balaban J connectivity index is 1.34. The smallest absolute Gasteiger partial charge is 0.342 e. The number of halogens is 5. The zero-order valence-corrected chi connectivity index (χ0v) is 27.6. The van der Waals surface area contributed by atoms with Crippen LogP contribution in [-0.2, 0) is 18.3 Å². The second-order valence-electron chi connectivity index (χ2n) is 13.2. The van der Waals surface area contributed by atoms with E-state index in [0.29, 0.717) is 23.5 Å². The van der Waals surface area contributed by atoms with Gasteiger partial charge >= 0.3 is 6.18 Å². The molecule has 3 heterocycles. The first-order valence-electron chi connectivity index (χ1n) is 16.5. The number of nitrogens with zero attached hydrogens (tertiary/aromatic N) is 3. The molecule has 0 unspecified atom stereocenters. The molecule has 1 aliphatic carbocycles. The highest BCUT2D eigenvalue weighted by atomic mass is 79.9. The van der Waals surface area contributed by atoms with Gasteiger partial charge in [0.25, 0.3) is 5.91 Å². The van der Waals surface area contributed by atoms with Crippen molar-refractivity contribution in [3.8, 4) is 11.3 Å². The molecule has 2 aliphatic heterocycles. The van der Waals surface area contributed by atoms with Crippen LogP contribution in [0.25, 0.3) is 22.2 Å². The summed E-state index contributed by atoms with van der Waals surface area (Å²) in [7, 11) is 0. The lowest BCUT2D eigenvalue weighted by Gasteiger charge is -2.40. The number of likely N-dealkylation sites (tertiary alicyclic amines) is 2. The topological polar surface area (TPSA) is 48.5 Å². The van der Waals surface area contributed by atoms with Crippen LogP contribution >= 0.6 is 15.9 Å². The van der Waals surface area contributed by atoms with Crippen molar-refractivity contribution in [1.29, 1.82) is 0 Å². The van der Waals surface area contributed by atoms with Gasteiger partial charge in [0, 0.05) is 29.1 Å². The molecule has 10 heteroatoms. The molecule has 246 valence electrons. The molecule has 1 aromatic heterocycles. The summed E-state index contributed by atoms with van der Waals surface area (Å²) in [5.74, 6) is -1.05. The van der Waals surface area contributed by atoms with Crippen molar-refractivity contribution in [3.63, 3.8) is 0 Å². The zero-order chi connectivity index (χ0) is 32.8. The number of piperidine rings is 2. The number of aromatic nitrogens is 1. The molecule has 3 fully saturated rings. The van der Waals surface area contributed by atoms with E-state index >= 15 is 4.39 Å². The molecule has 1 saturated carbocycles. The molecule has 5 nitrogen and oxygen atoms in total. The number of carbonyl (C=O) groups excluding carboxylic acids is 1. The molecule has 3 aromatic carbocycles. The summed E-state index contributed by atoms with van der Waals surface area (Å²) in [6.07, 6.45) is 2.59. The first kappa shape index (κ1) is 32.2. The number of carbonyl (C=O) groups is 1. The normalized spacial score (nSPS) is 19.2. The third-order valence-electron chi connectivity index (χ3n) is 10.1. The van der Waals surface area contributed by atoms with Gasteiger partial charge < -0.3 is 10.2 Å². The van der Waals surface area contributed by atoms with Crippen LogP contribution in [0.1, 0.15) is 72.0 Å². The Hall–Kier alpha value is -3.34. The van der Waals surface area contributed by atoms with Gasteiger partial charge in [-0.1, -0.05) is 55.0 Å². The zero-order valence-electron chi connectivity index (χ0n) is 26.1. The Morgan fingerprint density at radius 2 is 1.66 bits per heavy atom. The number of hydrogen-bond acceptors (Lipinski definition) is 4. The first-order valence-corrected chi connectivity index (χ1v) is 17.2. The van der Waals surface area contributed by atoms with E-state index in [2.05, 4.69) is 31.0 Å². The Bertz CT molecular complexity index is 1780. The summed E-state index contributed by atoms with van der Waals surface area (Å²) < 4.78 is 57.7. The minimum Gasteiger partial charge on any atom is -0.342 e. The lowest BCUT2D eigenvalue weighted by atomic mass is 9.93. The maximum atomic E-state index is 15.8. The van der Waals surface area contributed by atoms with Gasteiger partial charge in [0.2, 0.25) is 0 Å². The van der Waals surface area contributed by atoms with E-state index in [9.17, 15) is 18.0 Å². The molecule has 0 atom stereocenters. The highest BCUT2D eigenvalue weighted by molar-refractivity contribution is 9.10. The van der Waals surface area contributed by atoms with Crippen LogP contribution in [0.15, 0.2) is 71.2 Å². The summed E-state index contributed by atoms with van der Waals surface area (Å²) >= 11 is 3.25. The summed E-state index contributed by atoms with van der Waals surface area (Å²) in [5, 5.41) is 3.60. The van der Waals surface area contributed by atoms with Gasteiger partial charge in [0.05, 0.1) is 26.8 Å². The van der Waals surface area contributed by atoms with Crippen LogP contribution in [0.3, 0.4) is 0 Å². The number of benzene rings is 3. The van der Waals surface area contributed by atoms with Crippen LogP contribution in [0.2, 0.25) is 0 Å². The molecular weight excluding hydrogens is 672 g/mol. The number of hydrogen-bond donors (Lipinski definition) is 1. The molecule has 1 N–H and O–H groups in total. The van der Waals surface area contributed by atoms with Crippen LogP contribution in [0.4, 0.5) is 17.6 Å². The van der Waals surface area contributed by atoms with Gasteiger partial charge in [-0.3, -0.25) is 9.69 Å². The molecule has 47 heavy (non-hydrogen) atoms. The van der Waals surface area contributed by atoms with E-state index in [1.165, 1.54) is 25.3 Å². The van der Waals surface area contributed by atoms with Gasteiger partial charge in [-0.25, -0.2) is 9.37 Å². The average Bonchev–Trinajstić information content (AvgIpc) is 3.87. The van der Waals surface area contributed by atoms with Crippen molar-refractivity contribution in [2.24, 2.45) is 0 Å². The van der Waals surface area contributed by atoms with E-state index in [1.807, 2.05) is 30.3 Å². The average molecular weight is 710 g/mol. The Morgan fingerprint density at radius 3 is 2.34 bits per heavy atom. The van der Waals surface area contributed by atoms with E-state index < -0.39 is 23.1 Å². The van der Waals surface area contributed by atoms with Gasteiger partial charge in [0.15, 0.2) is 5.82 Å². The van der Waals surface area contributed by atoms with E-state index in [-0.39, 0.29) is 32.7 Å². The third-order valence-corrected chi connectivity index (χ3v) is 10.7. The second-order valence-corrected chi connectivity index (χ2v) is 14.0. The lowest BCUT2D eigenvalue weighted by molar-refractivity contribution is -0.137. The maximum absolute atomic E-state index is 15.8. The number of rotatable bonds is 7. The van der Waals surface area contributed by atoms with Crippen LogP contribution in [0.5, 0.6) is 0 Å². The van der Waals surface area contributed by atoms with Gasteiger partial charge in [-0.15, -0.1) is 0 Å². The fourth-order valence-electron chi connectivity index (χ4n) is 7.40. The van der Waals surface area contributed by atoms with E-state index in [1.54, 1.807) is 18.2 Å². The third kappa shape index (κ3) is 6.56. The van der Waals surface area contributed by atoms with Crippen LogP contribution in [-0.4, -0.2) is 52.9 Å². The van der Waals surface area contributed by atoms with Crippen molar-refractivity contribution in [3.05, 3.63) is 99.3 Å². The Morgan fingerprint density at radius 1 is 0.936 bits per heavy atom. The van der Waals surface area contributed by atoms with Crippen molar-refractivity contribution in [1.82, 2.24) is 20.1 Å². The molecule has 7 rings (SSSR count). The highest BCUT2D eigenvalue weighted by Crippen LogP contribution is 2.46. The quantitative estimate of drug-likeness (QED) is 0.195. The Labute approximate surface area is 280 Å². The standard InChI is InChI=1S/C37H37BrF4N4O/c38-30-13-12-28-31(35(47)44-36(16-17-36)25-9-3-1-4-10-25)29(23-45-20-14-27(15-21-45)46-18-5-2-6-19-46)33(43-34(28)32(30)39)24-8-7-11-26(22-24)37(40,41)42/h1,3-4,7-13,22,27H,2,5-6,14-21,23H2,(H,44,47). The molecule has 1 amide bonds. The molecule has 0 radical (unpaired) electrons. The van der Waals surface area contributed by atoms with E-state index in [4.69, 9.17) is 4.98 Å². The molecule has 4 aromatic rings. The fraction of sp³-hybridized carbons (Fsp3) is 0.405. The number of amides is 1. The van der Waals surface area contributed by atoms with Gasteiger partial charge in [0.1, 0.15) is 5.52 Å². The molecule has 0 bridgehead atoms. The number of nitrogens with one attached hydrogen (secondary N) is 1. The number of pyridine rings is 1. The van der Waals surface area contributed by atoms with E-state index in [0.717, 1.165) is 69.6 Å². The first-order chi connectivity index (χ1) is 22.6. The van der Waals surface area contributed by atoms with Crippen molar-refractivity contribution >= 4 is 32.7 Å². The minimum atomic E-state index is -4.58. The molecule has 2 saturated heterocycles. The second kappa shape index (κ2) is 12.9. The molecule has 3 aliphatic rings. The van der Waals surface area contributed by atoms with Gasteiger partial charge in [-0.05, 0) is 104 Å². The lowest BCUT2D eigenvalue weighted by Crippen LogP contribution is -2.46. The van der Waals surface area contributed by atoms with Crippen LogP contribution < -0.4 is 5.32 Å². The number of fused-ring (bicyclic) bond motifs is 1.